The van der Waals surface area contributed by atoms with Crippen molar-refractivity contribution in [1.29, 1.82) is 0 Å². The third-order valence-corrected chi connectivity index (χ3v) is 2.88. The molecule has 0 spiro atoms. The molecular weight excluding hydrogens is 303 g/mol. The van der Waals surface area contributed by atoms with Crippen LogP contribution in [-0.4, -0.2) is 17.8 Å². The normalized spacial score (nSPS) is 12.5. The fourth-order valence-electron chi connectivity index (χ4n) is 1.40. The zero-order valence-corrected chi connectivity index (χ0v) is 11.0. The number of aliphatic hydroxyl groups excluding tert-OH is 1. The van der Waals surface area contributed by atoms with E-state index in [-0.39, 0.29) is 6.61 Å². The maximum Gasteiger partial charge on any atom is 0.0576 e. The molecule has 0 heterocycles. The molecule has 1 rings (SSSR count). The van der Waals surface area contributed by atoms with Crippen LogP contribution in [0, 0.1) is 3.57 Å². The van der Waals surface area contributed by atoms with Gasteiger partial charge in [-0.3, -0.25) is 0 Å². The fraction of sp³-hybridized carbons (Fsp3) is 0.455. The summed E-state index contributed by atoms with van der Waals surface area (Å²) in [6, 6.07) is 6.30. The lowest BCUT2D eigenvalue weighted by molar-refractivity contribution is 0.282. The van der Waals surface area contributed by atoms with E-state index in [0.717, 1.165) is 27.8 Å². The number of benzene rings is 1. The minimum absolute atomic E-state index is 0.244. The minimum atomic E-state index is 0.244. The van der Waals surface area contributed by atoms with Gasteiger partial charge in [0.25, 0.3) is 0 Å². The van der Waals surface area contributed by atoms with Crippen LogP contribution in [0.25, 0.3) is 0 Å². The minimum Gasteiger partial charge on any atom is -0.397 e. The topological polar surface area (TPSA) is 58.3 Å². The third kappa shape index (κ3) is 4.25. The quantitative estimate of drug-likeness (QED) is 0.577. The van der Waals surface area contributed by atoms with Crippen molar-refractivity contribution >= 4 is 34.0 Å². The van der Waals surface area contributed by atoms with E-state index < -0.39 is 0 Å². The molecule has 1 aromatic rings. The Morgan fingerprint density at radius 2 is 2.27 bits per heavy atom. The van der Waals surface area contributed by atoms with E-state index in [1.165, 1.54) is 0 Å². The SMILES string of the molecule is CC(CCCO)Nc1ccc(I)cc1N. The van der Waals surface area contributed by atoms with Crippen LogP contribution >= 0.6 is 22.6 Å². The second kappa shape index (κ2) is 6.17. The van der Waals surface area contributed by atoms with Crippen LogP contribution in [0.1, 0.15) is 19.8 Å². The first kappa shape index (κ1) is 12.6. The van der Waals surface area contributed by atoms with E-state index in [4.69, 9.17) is 10.8 Å². The highest BCUT2D eigenvalue weighted by Gasteiger charge is 2.04. The van der Waals surface area contributed by atoms with E-state index in [0.29, 0.717) is 6.04 Å². The van der Waals surface area contributed by atoms with Crippen LogP contribution in [-0.2, 0) is 0 Å². The molecule has 4 N–H and O–H groups in total. The number of nitrogens with two attached hydrogens (primary N) is 1. The molecule has 0 bridgehead atoms. The van der Waals surface area contributed by atoms with Gasteiger partial charge in [0.15, 0.2) is 0 Å². The maximum absolute atomic E-state index is 8.72. The average Bonchev–Trinajstić information content (AvgIpc) is 2.19. The van der Waals surface area contributed by atoms with E-state index in [1.807, 2.05) is 18.2 Å². The molecule has 84 valence electrons. The number of nitrogen functional groups attached to an aromatic ring is 1. The Balaban J connectivity index is 2.56. The van der Waals surface area contributed by atoms with E-state index in [2.05, 4.69) is 34.8 Å². The fourth-order valence-corrected chi connectivity index (χ4v) is 1.92. The first-order valence-electron chi connectivity index (χ1n) is 5.06. The highest BCUT2D eigenvalue weighted by atomic mass is 127. The highest BCUT2D eigenvalue weighted by molar-refractivity contribution is 14.1. The number of halogens is 1. The average molecular weight is 320 g/mol. The number of anilines is 2. The van der Waals surface area contributed by atoms with Crippen LogP contribution in [0.2, 0.25) is 0 Å². The molecule has 3 nitrogen and oxygen atoms in total. The van der Waals surface area contributed by atoms with E-state index >= 15 is 0 Å². The molecule has 0 aliphatic carbocycles. The third-order valence-electron chi connectivity index (χ3n) is 2.21. The second-order valence-corrected chi connectivity index (χ2v) is 4.89. The predicted octanol–water partition coefficient (Wildman–Crippen LogP) is 2.45. The van der Waals surface area contributed by atoms with Crippen LogP contribution in [0.3, 0.4) is 0 Å². The molecule has 0 aromatic heterocycles. The lowest BCUT2D eigenvalue weighted by Crippen LogP contribution is -2.16. The van der Waals surface area contributed by atoms with Crippen LogP contribution in [0.5, 0.6) is 0 Å². The molecule has 0 fully saturated rings. The summed E-state index contributed by atoms with van der Waals surface area (Å²) in [7, 11) is 0. The summed E-state index contributed by atoms with van der Waals surface area (Å²) in [5, 5.41) is 12.1. The van der Waals surface area contributed by atoms with Crippen molar-refractivity contribution < 1.29 is 5.11 Å². The van der Waals surface area contributed by atoms with E-state index in [1.54, 1.807) is 0 Å². The van der Waals surface area contributed by atoms with Gasteiger partial charge in [0.1, 0.15) is 0 Å². The molecule has 0 radical (unpaired) electrons. The maximum atomic E-state index is 8.72. The van der Waals surface area contributed by atoms with Gasteiger partial charge in [0, 0.05) is 16.2 Å². The zero-order chi connectivity index (χ0) is 11.3. The van der Waals surface area contributed by atoms with Crippen molar-refractivity contribution in [3.8, 4) is 0 Å². The Hall–Kier alpha value is -0.490. The molecule has 0 saturated carbocycles. The second-order valence-electron chi connectivity index (χ2n) is 3.64. The molecule has 1 aromatic carbocycles. The van der Waals surface area contributed by atoms with Crippen LogP contribution < -0.4 is 11.1 Å². The van der Waals surface area contributed by atoms with Crippen molar-refractivity contribution in [3.05, 3.63) is 21.8 Å². The summed E-state index contributed by atoms with van der Waals surface area (Å²) >= 11 is 2.24. The molecule has 0 saturated heterocycles. The molecule has 0 aliphatic heterocycles. The highest BCUT2D eigenvalue weighted by Crippen LogP contribution is 2.22. The van der Waals surface area contributed by atoms with Gasteiger partial charge < -0.3 is 16.2 Å². The molecule has 1 unspecified atom stereocenters. The first-order valence-corrected chi connectivity index (χ1v) is 6.13. The number of nitrogens with one attached hydrogen (secondary N) is 1. The predicted molar refractivity (Wildman–Crippen MR) is 73.0 cm³/mol. The van der Waals surface area contributed by atoms with Crippen molar-refractivity contribution in [2.24, 2.45) is 0 Å². The summed E-state index contributed by atoms with van der Waals surface area (Å²) in [6.45, 7) is 2.33. The van der Waals surface area contributed by atoms with Crippen LogP contribution in [0.15, 0.2) is 18.2 Å². The zero-order valence-electron chi connectivity index (χ0n) is 8.83. The van der Waals surface area contributed by atoms with Gasteiger partial charge in [0.2, 0.25) is 0 Å². The lowest BCUT2D eigenvalue weighted by Gasteiger charge is -2.16. The van der Waals surface area contributed by atoms with Crippen LogP contribution in [0.4, 0.5) is 11.4 Å². The Kier molecular flexibility index (Phi) is 5.17. The molecule has 0 aliphatic rings. The molecule has 0 amide bonds. The van der Waals surface area contributed by atoms with Crippen molar-refractivity contribution in [2.45, 2.75) is 25.8 Å². The Morgan fingerprint density at radius 3 is 2.87 bits per heavy atom. The van der Waals surface area contributed by atoms with Gasteiger partial charge in [0.05, 0.1) is 11.4 Å². The van der Waals surface area contributed by atoms with Gasteiger partial charge in [-0.1, -0.05) is 0 Å². The summed E-state index contributed by atoms with van der Waals surface area (Å²) in [5.74, 6) is 0. The van der Waals surface area contributed by atoms with Gasteiger partial charge in [-0.25, -0.2) is 0 Å². The number of hydrogen-bond donors (Lipinski definition) is 3. The van der Waals surface area contributed by atoms with Crippen molar-refractivity contribution in [3.63, 3.8) is 0 Å². The Morgan fingerprint density at radius 1 is 1.53 bits per heavy atom. The van der Waals surface area contributed by atoms with Gasteiger partial charge >= 0.3 is 0 Å². The number of hydrogen-bond acceptors (Lipinski definition) is 3. The summed E-state index contributed by atoms with van der Waals surface area (Å²) < 4.78 is 1.14. The molecule has 4 heteroatoms. The van der Waals surface area contributed by atoms with Gasteiger partial charge in [-0.15, -0.1) is 0 Å². The van der Waals surface area contributed by atoms with Gasteiger partial charge in [-0.05, 0) is 60.6 Å². The van der Waals surface area contributed by atoms with Gasteiger partial charge in [-0.2, -0.15) is 0 Å². The molecular formula is C11H17IN2O. The van der Waals surface area contributed by atoms with E-state index in [9.17, 15) is 0 Å². The Bertz CT molecular complexity index is 317. The van der Waals surface area contributed by atoms with Crippen molar-refractivity contribution in [2.75, 3.05) is 17.7 Å². The smallest absolute Gasteiger partial charge is 0.0576 e. The number of aliphatic hydroxyl groups is 1. The molecule has 1 atom stereocenters. The number of rotatable bonds is 5. The first-order chi connectivity index (χ1) is 7.13. The lowest BCUT2D eigenvalue weighted by atomic mass is 10.1. The summed E-state index contributed by atoms with van der Waals surface area (Å²) in [5.41, 5.74) is 7.63. The monoisotopic (exact) mass is 320 g/mol. The Labute approximate surface area is 104 Å². The largest absolute Gasteiger partial charge is 0.397 e. The molecule has 15 heavy (non-hydrogen) atoms. The van der Waals surface area contributed by atoms with Crippen molar-refractivity contribution in [1.82, 2.24) is 0 Å². The standard InChI is InChI=1S/C11H17IN2O/c1-8(3-2-6-15)14-11-5-4-9(12)7-10(11)13/h4-5,7-8,14-15H,2-3,6,13H2,1H3. The summed E-state index contributed by atoms with van der Waals surface area (Å²) in [4.78, 5) is 0. The summed E-state index contributed by atoms with van der Waals surface area (Å²) in [6.07, 6.45) is 1.76.